The van der Waals surface area contributed by atoms with Gasteiger partial charge >= 0.3 is 5.97 Å². The van der Waals surface area contributed by atoms with E-state index in [0.29, 0.717) is 26.2 Å². The van der Waals surface area contributed by atoms with Crippen LogP contribution in [-0.4, -0.2) is 73.6 Å². The van der Waals surface area contributed by atoms with Crippen LogP contribution < -0.4 is 0 Å². The van der Waals surface area contributed by atoms with Crippen molar-refractivity contribution >= 4 is 11.9 Å². The second-order valence-electron chi connectivity index (χ2n) is 5.85. The number of methoxy groups -OCH3 is 1. The largest absolute Gasteiger partial charge is 0.481 e. The standard InChI is InChI=1S/C15H25NO6/c1-20-13-7-11(8-15(18)19)16(9-13)14(17)4-6-21-10-12-3-2-5-22-12/h11-13H,2-10H2,1H3,(H,18,19). The average Bonchev–Trinajstić information content (AvgIpc) is 3.12. The van der Waals surface area contributed by atoms with Crippen molar-refractivity contribution in [2.45, 2.75) is 50.4 Å². The Morgan fingerprint density at radius 1 is 1.41 bits per heavy atom. The second kappa shape index (κ2) is 8.45. The molecular weight excluding hydrogens is 290 g/mol. The molecule has 2 aliphatic rings. The van der Waals surface area contributed by atoms with E-state index in [-0.39, 0.29) is 37.0 Å². The SMILES string of the molecule is COC1CC(CC(=O)O)N(C(=O)CCOCC2CCCO2)C1. The number of nitrogens with zero attached hydrogens (tertiary/aromatic N) is 1. The van der Waals surface area contributed by atoms with Crippen molar-refractivity contribution in [2.75, 3.05) is 33.5 Å². The molecule has 126 valence electrons. The molecule has 2 heterocycles. The third kappa shape index (κ3) is 4.93. The van der Waals surface area contributed by atoms with E-state index in [9.17, 15) is 9.59 Å². The first kappa shape index (κ1) is 17.2. The maximum atomic E-state index is 12.3. The Hall–Kier alpha value is -1.18. The van der Waals surface area contributed by atoms with Crippen LogP contribution in [0.4, 0.5) is 0 Å². The van der Waals surface area contributed by atoms with Gasteiger partial charge in [-0.05, 0) is 19.3 Å². The van der Waals surface area contributed by atoms with Gasteiger partial charge < -0.3 is 24.2 Å². The highest BCUT2D eigenvalue weighted by Crippen LogP contribution is 2.23. The summed E-state index contributed by atoms with van der Waals surface area (Å²) in [5.41, 5.74) is 0. The highest BCUT2D eigenvalue weighted by Gasteiger charge is 2.36. The lowest BCUT2D eigenvalue weighted by Gasteiger charge is -2.23. The van der Waals surface area contributed by atoms with Crippen molar-refractivity contribution in [3.63, 3.8) is 0 Å². The number of ether oxygens (including phenoxy) is 3. The molecule has 0 aromatic carbocycles. The van der Waals surface area contributed by atoms with Crippen LogP contribution in [0, 0.1) is 0 Å². The van der Waals surface area contributed by atoms with E-state index >= 15 is 0 Å². The van der Waals surface area contributed by atoms with Gasteiger partial charge in [0.15, 0.2) is 0 Å². The predicted molar refractivity (Wildman–Crippen MR) is 77.6 cm³/mol. The van der Waals surface area contributed by atoms with Gasteiger partial charge in [-0.15, -0.1) is 0 Å². The van der Waals surface area contributed by atoms with E-state index in [2.05, 4.69) is 0 Å². The number of carbonyl (C=O) groups excluding carboxylic acids is 1. The van der Waals surface area contributed by atoms with Gasteiger partial charge in [-0.2, -0.15) is 0 Å². The fraction of sp³-hybridized carbons (Fsp3) is 0.867. The zero-order valence-corrected chi connectivity index (χ0v) is 13.0. The summed E-state index contributed by atoms with van der Waals surface area (Å²) in [5, 5.41) is 8.95. The molecule has 0 saturated carbocycles. The summed E-state index contributed by atoms with van der Waals surface area (Å²) in [4.78, 5) is 24.8. The fourth-order valence-corrected chi connectivity index (χ4v) is 3.04. The Morgan fingerprint density at radius 3 is 2.86 bits per heavy atom. The summed E-state index contributed by atoms with van der Waals surface area (Å²) >= 11 is 0. The average molecular weight is 315 g/mol. The third-order valence-corrected chi connectivity index (χ3v) is 4.23. The Kier molecular flexibility index (Phi) is 6.60. The number of carboxylic acids is 1. The molecule has 0 radical (unpaired) electrons. The van der Waals surface area contributed by atoms with Gasteiger partial charge in [0, 0.05) is 26.3 Å². The molecule has 2 rings (SSSR count). The Bertz CT molecular complexity index is 382. The quantitative estimate of drug-likeness (QED) is 0.662. The number of carbonyl (C=O) groups is 2. The van der Waals surface area contributed by atoms with Gasteiger partial charge in [0.1, 0.15) is 0 Å². The lowest BCUT2D eigenvalue weighted by molar-refractivity contribution is -0.140. The first-order valence-electron chi connectivity index (χ1n) is 7.83. The molecule has 2 fully saturated rings. The molecule has 0 aromatic rings. The summed E-state index contributed by atoms with van der Waals surface area (Å²) in [7, 11) is 1.58. The van der Waals surface area contributed by atoms with Crippen molar-refractivity contribution < 1.29 is 28.9 Å². The first-order chi connectivity index (χ1) is 10.6. The minimum absolute atomic E-state index is 0.0393. The number of hydrogen-bond donors (Lipinski definition) is 1. The molecule has 0 aromatic heterocycles. The maximum absolute atomic E-state index is 12.3. The van der Waals surface area contributed by atoms with Gasteiger partial charge in [-0.25, -0.2) is 0 Å². The summed E-state index contributed by atoms with van der Waals surface area (Å²) in [6, 6.07) is -0.284. The summed E-state index contributed by atoms with van der Waals surface area (Å²) in [5.74, 6) is -0.965. The van der Waals surface area contributed by atoms with Crippen LogP contribution >= 0.6 is 0 Å². The smallest absolute Gasteiger partial charge is 0.305 e. The minimum Gasteiger partial charge on any atom is -0.481 e. The highest BCUT2D eigenvalue weighted by molar-refractivity contribution is 5.78. The fourth-order valence-electron chi connectivity index (χ4n) is 3.04. The van der Waals surface area contributed by atoms with E-state index in [1.54, 1.807) is 12.0 Å². The molecule has 0 aliphatic carbocycles. The molecule has 22 heavy (non-hydrogen) atoms. The second-order valence-corrected chi connectivity index (χ2v) is 5.85. The highest BCUT2D eigenvalue weighted by atomic mass is 16.5. The molecule has 7 nitrogen and oxygen atoms in total. The molecule has 3 unspecified atom stereocenters. The van der Waals surface area contributed by atoms with Crippen molar-refractivity contribution in [3.8, 4) is 0 Å². The number of rotatable bonds is 8. The maximum Gasteiger partial charge on any atom is 0.305 e. The molecular formula is C15H25NO6. The van der Waals surface area contributed by atoms with Gasteiger partial charge in [0.05, 0.1) is 38.3 Å². The lowest BCUT2D eigenvalue weighted by atomic mass is 10.1. The number of aliphatic carboxylic acids is 1. The Balaban J connectivity index is 1.72. The van der Waals surface area contributed by atoms with Gasteiger partial charge in [0.2, 0.25) is 5.91 Å². The number of hydrogen-bond acceptors (Lipinski definition) is 5. The normalized spacial score (nSPS) is 28.2. The van der Waals surface area contributed by atoms with Crippen LogP contribution in [0.3, 0.4) is 0 Å². The van der Waals surface area contributed by atoms with Crippen molar-refractivity contribution in [3.05, 3.63) is 0 Å². The predicted octanol–water partition coefficient (Wildman–Crippen LogP) is 0.663. The molecule has 1 N–H and O–H groups in total. The van der Waals surface area contributed by atoms with Gasteiger partial charge in [-0.3, -0.25) is 9.59 Å². The van der Waals surface area contributed by atoms with E-state index in [1.807, 2.05) is 0 Å². The lowest BCUT2D eigenvalue weighted by Crippen LogP contribution is -2.37. The monoisotopic (exact) mass is 315 g/mol. The van der Waals surface area contributed by atoms with Gasteiger partial charge in [0.25, 0.3) is 0 Å². The van der Waals surface area contributed by atoms with Crippen LogP contribution in [0.15, 0.2) is 0 Å². The van der Waals surface area contributed by atoms with Crippen LogP contribution in [0.2, 0.25) is 0 Å². The van der Waals surface area contributed by atoms with Crippen molar-refractivity contribution in [1.29, 1.82) is 0 Å². The van der Waals surface area contributed by atoms with Crippen molar-refractivity contribution in [1.82, 2.24) is 4.90 Å². The Labute approximate surface area is 130 Å². The summed E-state index contributed by atoms with van der Waals surface area (Å²) < 4.78 is 16.2. The number of likely N-dealkylation sites (tertiary alicyclic amines) is 1. The molecule has 2 saturated heterocycles. The van der Waals surface area contributed by atoms with Crippen LogP contribution in [0.25, 0.3) is 0 Å². The van der Waals surface area contributed by atoms with Crippen LogP contribution in [0.5, 0.6) is 0 Å². The summed E-state index contributed by atoms with van der Waals surface area (Å²) in [6.45, 7) is 2.11. The van der Waals surface area contributed by atoms with Gasteiger partial charge in [-0.1, -0.05) is 0 Å². The van der Waals surface area contributed by atoms with Crippen molar-refractivity contribution in [2.24, 2.45) is 0 Å². The molecule has 3 atom stereocenters. The third-order valence-electron chi connectivity index (χ3n) is 4.23. The number of amides is 1. The van der Waals surface area contributed by atoms with E-state index in [1.165, 1.54) is 0 Å². The van der Waals surface area contributed by atoms with E-state index < -0.39 is 5.97 Å². The van der Waals surface area contributed by atoms with Crippen LogP contribution in [-0.2, 0) is 23.8 Å². The van der Waals surface area contributed by atoms with E-state index in [4.69, 9.17) is 19.3 Å². The minimum atomic E-state index is -0.894. The summed E-state index contributed by atoms with van der Waals surface area (Å²) in [6.07, 6.45) is 2.94. The van der Waals surface area contributed by atoms with Crippen LogP contribution in [0.1, 0.15) is 32.1 Å². The topological polar surface area (TPSA) is 85.3 Å². The molecule has 0 spiro atoms. The molecule has 0 bridgehead atoms. The zero-order valence-electron chi connectivity index (χ0n) is 13.0. The first-order valence-corrected chi connectivity index (χ1v) is 7.83. The Morgan fingerprint density at radius 2 is 2.23 bits per heavy atom. The number of carboxylic acid groups (broad SMARTS) is 1. The zero-order chi connectivity index (χ0) is 15.9. The molecule has 1 amide bonds. The van der Waals surface area contributed by atoms with E-state index in [0.717, 1.165) is 19.4 Å². The molecule has 2 aliphatic heterocycles. The molecule has 7 heteroatoms.